The Labute approximate surface area is 145 Å². The predicted octanol–water partition coefficient (Wildman–Crippen LogP) is 0.306. The maximum absolute atomic E-state index is 12.2. The molecule has 5 N–H and O–H groups in total. The van der Waals surface area contributed by atoms with Crippen LogP contribution in [0.25, 0.3) is 0 Å². The molecule has 25 heavy (non-hydrogen) atoms. The van der Waals surface area contributed by atoms with Gasteiger partial charge in [-0.05, 0) is 37.5 Å². The molecule has 1 aromatic rings. The molecule has 7 nitrogen and oxygen atoms in total. The molecule has 0 radical (unpaired) electrons. The first-order chi connectivity index (χ1) is 11.7. The van der Waals surface area contributed by atoms with Crippen molar-refractivity contribution < 1.29 is 34.0 Å². The minimum absolute atomic E-state index is 0.0518. The van der Waals surface area contributed by atoms with E-state index in [1.165, 1.54) is 6.92 Å². The molecule has 0 aliphatic rings. The molecule has 0 amide bonds. The number of ketones is 1. The first-order valence-corrected chi connectivity index (χ1v) is 7.87. The second-order valence-corrected chi connectivity index (χ2v) is 5.94. The molecule has 0 aromatic heterocycles. The fourth-order valence-corrected chi connectivity index (χ4v) is 2.15. The van der Waals surface area contributed by atoms with Gasteiger partial charge in [0.15, 0.2) is 0 Å². The van der Waals surface area contributed by atoms with Gasteiger partial charge in [-0.1, -0.05) is 12.1 Å². The lowest BCUT2D eigenvalue weighted by Crippen LogP contribution is -2.34. The topological polar surface area (TPSA) is 130 Å². The number of carboxylic acid groups (broad SMARTS) is 1. The number of hydrogen-bond acceptors (Lipinski definition) is 6. The molecule has 140 valence electrons. The van der Waals surface area contributed by atoms with Gasteiger partial charge in [0.25, 0.3) is 0 Å². The van der Waals surface area contributed by atoms with Gasteiger partial charge in [-0.25, -0.2) is 4.39 Å². The molecule has 0 heterocycles. The zero-order valence-electron chi connectivity index (χ0n) is 14.0. The third-order valence-corrected chi connectivity index (χ3v) is 3.84. The number of nitrogens with two attached hydrogens (primary N) is 1. The van der Waals surface area contributed by atoms with Crippen molar-refractivity contribution >= 4 is 11.8 Å². The Bertz CT molecular complexity index is 565. The molecule has 1 unspecified atom stereocenters. The summed E-state index contributed by atoms with van der Waals surface area (Å²) < 4.78 is 17.4. The van der Waals surface area contributed by atoms with Crippen LogP contribution >= 0.6 is 0 Å². The Balaban J connectivity index is 2.62. The van der Waals surface area contributed by atoms with Crippen molar-refractivity contribution in [3.05, 3.63) is 29.8 Å². The zero-order chi connectivity index (χ0) is 19.0. The molecule has 0 aliphatic carbocycles. The van der Waals surface area contributed by atoms with Crippen LogP contribution < -0.4 is 10.5 Å². The maximum Gasteiger partial charge on any atom is 0.306 e. The zero-order valence-corrected chi connectivity index (χ0v) is 14.0. The number of ether oxygens (including phenoxy) is 1. The monoisotopic (exact) mass is 356 g/mol. The van der Waals surface area contributed by atoms with Gasteiger partial charge < -0.3 is 25.8 Å². The molecular formula is C17H24FNO6. The molecule has 0 spiro atoms. The number of carboxylic acids is 1. The van der Waals surface area contributed by atoms with Crippen molar-refractivity contribution in [3.8, 4) is 5.75 Å². The Hall–Kier alpha value is -2.03. The van der Waals surface area contributed by atoms with Crippen LogP contribution in [0, 0.1) is 5.92 Å². The van der Waals surface area contributed by atoms with E-state index in [1.807, 2.05) is 0 Å². The highest BCUT2D eigenvalue weighted by atomic mass is 18.2. The van der Waals surface area contributed by atoms with E-state index in [9.17, 15) is 24.2 Å². The van der Waals surface area contributed by atoms with Crippen molar-refractivity contribution in [1.82, 2.24) is 0 Å². The molecule has 4 atom stereocenters. The van der Waals surface area contributed by atoms with E-state index in [-0.39, 0.29) is 25.2 Å². The summed E-state index contributed by atoms with van der Waals surface area (Å²) in [4.78, 5) is 22.5. The van der Waals surface area contributed by atoms with E-state index in [2.05, 4.69) is 0 Å². The Morgan fingerprint density at radius 2 is 1.80 bits per heavy atom. The molecule has 1 aromatic carbocycles. The highest BCUT2D eigenvalue weighted by Crippen LogP contribution is 2.18. The van der Waals surface area contributed by atoms with Gasteiger partial charge in [0.05, 0.1) is 12.0 Å². The fraction of sp³-hybridized carbons (Fsp3) is 0.529. The van der Waals surface area contributed by atoms with Crippen LogP contribution in [0.1, 0.15) is 18.9 Å². The number of hydrogen-bond donors (Lipinski definition) is 4. The summed E-state index contributed by atoms with van der Waals surface area (Å²) in [6.45, 7) is -0.0118. The van der Waals surface area contributed by atoms with E-state index in [0.717, 1.165) is 5.56 Å². The molecule has 0 bridgehead atoms. The van der Waals surface area contributed by atoms with Gasteiger partial charge in [-0.2, -0.15) is 0 Å². The molecule has 0 saturated heterocycles. The SMILES string of the molecule is CC(=O)[C@@H](N)CC(Cc1ccc(OC[C@H](O)[C@@H](O)C[18F])cc1)C(=O)O. The van der Waals surface area contributed by atoms with Crippen LogP contribution in [0.15, 0.2) is 24.3 Å². The van der Waals surface area contributed by atoms with Gasteiger partial charge in [-0.3, -0.25) is 9.59 Å². The van der Waals surface area contributed by atoms with E-state index < -0.39 is 36.8 Å². The van der Waals surface area contributed by atoms with E-state index in [1.54, 1.807) is 24.3 Å². The van der Waals surface area contributed by atoms with Gasteiger partial charge in [-0.15, -0.1) is 0 Å². The number of aliphatic carboxylic acids is 1. The van der Waals surface area contributed by atoms with E-state index in [0.29, 0.717) is 5.75 Å². The number of rotatable bonds is 11. The Morgan fingerprint density at radius 3 is 2.28 bits per heavy atom. The third kappa shape index (κ3) is 7.16. The lowest BCUT2D eigenvalue weighted by Gasteiger charge is -2.17. The second kappa shape index (κ2) is 10.1. The van der Waals surface area contributed by atoms with Gasteiger partial charge >= 0.3 is 5.97 Å². The molecule has 1 rings (SSSR count). The minimum Gasteiger partial charge on any atom is -0.491 e. The van der Waals surface area contributed by atoms with Crippen molar-refractivity contribution in [3.63, 3.8) is 0 Å². The second-order valence-electron chi connectivity index (χ2n) is 5.94. The van der Waals surface area contributed by atoms with Crippen molar-refractivity contribution in [1.29, 1.82) is 0 Å². The Morgan fingerprint density at radius 1 is 1.20 bits per heavy atom. The Kier molecular flexibility index (Phi) is 8.47. The lowest BCUT2D eigenvalue weighted by molar-refractivity contribution is -0.142. The summed E-state index contributed by atoms with van der Waals surface area (Å²) in [6, 6.07) is 5.65. The first kappa shape index (κ1) is 21.0. The average Bonchev–Trinajstić information content (AvgIpc) is 2.59. The summed E-state index contributed by atoms with van der Waals surface area (Å²) in [5.74, 6) is -1.68. The van der Waals surface area contributed by atoms with Gasteiger partial charge in [0, 0.05) is 0 Å². The van der Waals surface area contributed by atoms with Gasteiger partial charge in [0.2, 0.25) is 0 Å². The van der Waals surface area contributed by atoms with Crippen LogP contribution in [0.3, 0.4) is 0 Å². The van der Waals surface area contributed by atoms with Gasteiger partial charge in [0.1, 0.15) is 37.0 Å². The van der Waals surface area contributed by atoms with Crippen molar-refractivity contribution in [2.75, 3.05) is 13.3 Å². The third-order valence-electron chi connectivity index (χ3n) is 3.84. The van der Waals surface area contributed by atoms with E-state index in [4.69, 9.17) is 15.6 Å². The summed E-state index contributed by atoms with van der Waals surface area (Å²) in [7, 11) is 0. The van der Waals surface area contributed by atoms with Crippen molar-refractivity contribution in [2.45, 2.75) is 38.0 Å². The first-order valence-electron chi connectivity index (χ1n) is 7.87. The fourth-order valence-electron chi connectivity index (χ4n) is 2.15. The highest BCUT2D eigenvalue weighted by Gasteiger charge is 2.23. The van der Waals surface area contributed by atoms with Crippen LogP contribution in [0.5, 0.6) is 5.75 Å². The molecule has 8 heteroatoms. The smallest absolute Gasteiger partial charge is 0.306 e. The summed E-state index contributed by atoms with van der Waals surface area (Å²) in [5.41, 5.74) is 6.36. The average molecular weight is 356 g/mol. The lowest BCUT2D eigenvalue weighted by atomic mass is 9.92. The number of alkyl halides is 1. The number of carbonyl (C=O) groups excluding carboxylic acids is 1. The number of carbonyl (C=O) groups is 2. The number of aliphatic hydroxyl groups excluding tert-OH is 2. The largest absolute Gasteiger partial charge is 0.491 e. The number of benzene rings is 1. The maximum atomic E-state index is 12.2. The van der Waals surface area contributed by atoms with Crippen molar-refractivity contribution in [2.24, 2.45) is 11.7 Å². The molecular weight excluding hydrogens is 332 g/mol. The minimum atomic E-state index is -1.50. The van der Waals surface area contributed by atoms with E-state index >= 15 is 0 Å². The number of Topliss-reactive ketones (excluding diaryl/α,β-unsaturated/α-hetero) is 1. The standard InChI is InChI=1S/C17H24FNO6/c1-10(20)14(19)7-12(17(23)24)6-11-2-4-13(5-3-11)25-9-16(22)15(21)8-18/h2-5,12,14-16,21-22H,6-9,19H2,1H3,(H,23,24)/t12?,14-,15-,16-/m0/s1/i18-1. The summed E-state index contributed by atoms with van der Waals surface area (Å²) in [5, 5.41) is 27.8. The van der Waals surface area contributed by atoms with Crippen LogP contribution in [-0.2, 0) is 16.0 Å². The highest BCUT2D eigenvalue weighted by molar-refractivity contribution is 5.82. The van der Waals surface area contributed by atoms with Crippen LogP contribution in [0.2, 0.25) is 0 Å². The number of halogens is 1. The normalized spacial score (nSPS) is 15.9. The molecule has 0 fully saturated rings. The summed E-state index contributed by atoms with van der Waals surface area (Å²) >= 11 is 0. The molecule has 0 aliphatic heterocycles. The summed E-state index contributed by atoms with van der Waals surface area (Å²) in [6.07, 6.45) is -2.58. The quantitative estimate of drug-likeness (QED) is 0.449. The predicted molar refractivity (Wildman–Crippen MR) is 88.0 cm³/mol. The molecule has 0 saturated carbocycles. The number of aliphatic hydroxyl groups is 2. The van der Waals surface area contributed by atoms with Crippen LogP contribution in [-0.4, -0.2) is 58.6 Å². The van der Waals surface area contributed by atoms with Crippen LogP contribution in [0.4, 0.5) is 4.39 Å².